The molecule has 0 amide bonds. The molecule has 2 fully saturated rings. The summed E-state index contributed by atoms with van der Waals surface area (Å²) >= 11 is 0. The summed E-state index contributed by atoms with van der Waals surface area (Å²) in [5, 5.41) is 14.8. The zero-order chi connectivity index (χ0) is 15.1. The van der Waals surface area contributed by atoms with Crippen molar-refractivity contribution in [3.05, 3.63) is 41.9 Å². The molecule has 1 saturated heterocycles. The Morgan fingerprint density at radius 2 is 1.96 bits per heavy atom. The van der Waals surface area contributed by atoms with Crippen LogP contribution >= 0.6 is 0 Å². The third-order valence-corrected chi connectivity index (χ3v) is 4.83. The van der Waals surface area contributed by atoms with Crippen molar-refractivity contribution >= 4 is 11.8 Å². The standard InChI is InChI=1S/C16H18N4O2.Li/c21-16(22)14-6-18-20(10-14)7-11-1-4-15(17-5-11)19-8-12-2-3-13(12)9-19;/h1,4-6,10,12-13H,2-3,7-9H2,(H,21,22);/q;+1/p-1. The van der Waals surface area contributed by atoms with Gasteiger partial charge >= 0.3 is 18.9 Å². The zero-order valence-electron chi connectivity index (χ0n) is 13.2. The Hall–Kier alpha value is -1.77. The minimum absolute atomic E-state index is 0. The fourth-order valence-electron chi connectivity index (χ4n) is 3.39. The largest absolute Gasteiger partial charge is 1.00 e. The van der Waals surface area contributed by atoms with Crippen LogP contribution in [-0.2, 0) is 6.54 Å². The number of aromatic nitrogens is 3. The van der Waals surface area contributed by atoms with Crippen molar-refractivity contribution in [1.82, 2.24) is 14.8 Å². The summed E-state index contributed by atoms with van der Waals surface area (Å²) in [5.41, 5.74) is 1.09. The number of carbonyl (C=O) groups is 1. The van der Waals surface area contributed by atoms with E-state index in [-0.39, 0.29) is 24.4 Å². The summed E-state index contributed by atoms with van der Waals surface area (Å²) in [6.45, 7) is 2.77. The van der Waals surface area contributed by atoms with E-state index in [0.29, 0.717) is 6.54 Å². The first-order chi connectivity index (χ1) is 10.7. The van der Waals surface area contributed by atoms with Gasteiger partial charge in [0.2, 0.25) is 0 Å². The molecule has 1 aliphatic heterocycles. The molecular weight excluding hydrogens is 287 g/mol. The summed E-state index contributed by atoms with van der Waals surface area (Å²) in [4.78, 5) is 17.7. The molecule has 0 spiro atoms. The van der Waals surface area contributed by atoms with Gasteiger partial charge in [-0.05, 0) is 36.3 Å². The van der Waals surface area contributed by atoms with Crippen LogP contribution < -0.4 is 28.9 Å². The van der Waals surface area contributed by atoms with Crippen LogP contribution in [0.2, 0.25) is 0 Å². The second kappa shape index (κ2) is 6.38. The molecular formula is C16H17LiN4O2. The molecule has 0 N–H and O–H groups in total. The van der Waals surface area contributed by atoms with Crippen molar-refractivity contribution in [2.24, 2.45) is 11.8 Å². The second-order valence-electron chi connectivity index (χ2n) is 6.24. The van der Waals surface area contributed by atoms with Crippen LogP contribution in [0.4, 0.5) is 5.82 Å². The van der Waals surface area contributed by atoms with Crippen LogP contribution in [0, 0.1) is 11.8 Å². The van der Waals surface area contributed by atoms with E-state index in [1.165, 1.54) is 25.2 Å². The molecule has 2 aromatic rings. The minimum Gasteiger partial charge on any atom is -0.545 e. The molecule has 2 unspecified atom stereocenters. The number of pyridine rings is 1. The molecule has 23 heavy (non-hydrogen) atoms. The fraction of sp³-hybridized carbons (Fsp3) is 0.438. The Labute approximate surface area is 146 Å². The number of fused-ring (bicyclic) bond motifs is 1. The molecule has 6 nitrogen and oxygen atoms in total. The fourth-order valence-corrected chi connectivity index (χ4v) is 3.39. The van der Waals surface area contributed by atoms with Crippen molar-refractivity contribution < 1.29 is 28.8 Å². The number of carboxylic acid groups (broad SMARTS) is 1. The maximum atomic E-state index is 10.7. The van der Waals surface area contributed by atoms with Crippen molar-refractivity contribution in [2.45, 2.75) is 19.4 Å². The van der Waals surface area contributed by atoms with Gasteiger partial charge in [-0.15, -0.1) is 0 Å². The monoisotopic (exact) mass is 304 g/mol. The number of aromatic carboxylic acids is 1. The predicted molar refractivity (Wildman–Crippen MR) is 78.3 cm³/mol. The number of carbonyl (C=O) groups excluding carboxylic acids is 1. The number of hydrogen-bond donors (Lipinski definition) is 0. The summed E-state index contributed by atoms with van der Waals surface area (Å²) in [7, 11) is 0. The molecule has 1 aliphatic carbocycles. The van der Waals surface area contributed by atoms with Crippen LogP contribution in [0.1, 0.15) is 28.8 Å². The SMILES string of the molecule is O=C([O-])c1cnn(Cc2ccc(N3CC4CCC4C3)nc2)c1.[Li+]. The summed E-state index contributed by atoms with van der Waals surface area (Å²) < 4.78 is 1.58. The average Bonchev–Trinajstić information content (AvgIpc) is 3.06. The third kappa shape index (κ3) is 3.14. The van der Waals surface area contributed by atoms with Crippen LogP contribution in [0.25, 0.3) is 0 Å². The number of carboxylic acids is 1. The van der Waals surface area contributed by atoms with E-state index in [1.807, 2.05) is 18.3 Å². The van der Waals surface area contributed by atoms with Gasteiger partial charge in [-0.3, -0.25) is 4.68 Å². The molecule has 2 atom stereocenters. The number of rotatable bonds is 4. The Bertz CT molecular complexity index is 688. The third-order valence-electron chi connectivity index (χ3n) is 4.83. The molecule has 0 aromatic carbocycles. The van der Waals surface area contributed by atoms with Gasteiger partial charge in [0.25, 0.3) is 0 Å². The summed E-state index contributed by atoms with van der Waals surface area (Å²) in [6.07, 6.45) is 7.34. The second-order valence-corrected chi connectivity index (χ2v) is 6.24. The first kappa shape index (κ1) is 16.1. The van der Waals surface area contributed by atoms with E-state index in [4.69, 9.17) is 0 Å². The topological polar surface area (TPSA) is 74.1 Å². The molecule has 2 aliphatic rings. The molecule has 114 valence electrons. The minimum atomic E-state index is -1.21. The van der Waals surface area contributed by atoms with E-state index in [0.717, 1.165) is 36.3 Å². The predicted octanol–water partition coefficient (Wildman–Crippen LogP) is -2.46. The first-order valence-electron chi connectivity index (χ1n) is 7.63. The molecule has 1 saturated carbocycles. The van der Waals surface area contributed by atoms with Gasteiger partial charge in [-0.25, -0.2) is 4.98 Å². The van der Waals surface area contributed by atoms with Gasteiger partial charge in [0.15, 0.2) is 0 Å². The molecule has 0 radical (unpaired) electrons. The molecule has 2 aromatic heterocycles. The van der Waals surface area contributed by atoms with Crippen LogP contribution in [0.5, 0.6) is 0 Å². The van der Waals surface area contributed by atoms with Gasteiger partial charge < -0.3 is 14.8 Å². The maximum absolute atomic E-state index is 10.7. The van der Waals surface area contributed by atoms with E-state index in [1.54, 1.807) is 4.68 Å². The van der Waals surface area contributed by atoms with Gasteiger partial charge in [-0.1, -0.05) is 6.07 Å². The van der Waals surface area contributed by atoms with Crippen LogP contribution in [0.15, 0.2) is 30.7 Å². The van der Waals surface area contributed by atoms with E-state index in [9.17, 15) is 9.90 Å². The van der Waals surface area contributed by atoms with E-state index in [2.05, 4.69) is 15.0 Å². The van der Waals surface area contributed by atoms with E-state index < -0.39 is 5.97 Å². The smallest absolute Gasteiger partial charge is 0.545 e. The van der Waals surface area contributed by atoms with Gasteiger partial charge in [0.05, 0.1) is 18.7 Å². The molecule has 3 heterocycles. The number of anilines is 1. The van der Waals surface area contributed by atoms with Crippen molar-refractivity contribution in [1.29, 1.82) is 0 Å². The Balaban J connectivity index is 0.00000156. The molecule has 4 rings (SSSR count). The Kier molecular flexibility index (Phi) is 4.47. The van der Waals surface area contributed by atoms with Crippen LogP contribution in [0.3, 0.4) is 0 Å². The van der Waals surface area contributed by atoms with Crippen molar-refractivity contribution in [3.63, 3.8) is 0 Å². The maximum Gasteiger partial charge on any atom is 1.00 e. The Morgan fingerprint density at radius 3 is 2.48 bits per heavy atom. The number of nitrogens with zero attached hydrogens (tertiary/aromatic N) is 4. The average molecular weight is 304 g/mol. The Morgan fingerprint density at radius 1 is 1.22 bits per heavy atom. The summed E-state index contributed by atoms with van der Waals surface area (Å²) in [5.74, 6) is 1.57. The van der Waals surface area contributed by atoms with Gasteiger partial charge in [0, 0.05) is 31.0 Å². The summed E-state index contributed by atoms with van der Waals surface area (Å²) in [6, 6.07) is 4.08. The molecule has 7 heteroatoms. The zero-order valence-corrected chi connectivity index (χ0v) is 13.2. The van der Waals surface area contributed by atoms with Gasteiger partial charge in [0.1, 0.15) is 5.82 Å². The number of hydrogen-bond acceptors (Lipinski definition) is 5. The van der Waals surface area contributed by atoms with E-state index >= 15 is 0 Å². The first-order valence-corrected chi connectivity index (χ1v) is 7.63. The quantitative estimate of drug-likeness (QED) is 0.586. The normalized spacial score (nSPS) is 22.2. The van der Waals surface area contributed by atoms with Gasteiger partial charge in [-0.2, -0.15) is 5.10 Å². The van der Waals surface area contributed by atoms with Crippen molar-refractivity contribution in [2.75, 3.05) is 18.0 Å². The van der Waals surface area contributed by atoms with Crippen molar-refractivity contribution in [3.8, 4) is 0 Å². The van der Waals surface area contributed by atoms with Crippen LogP contribution in [-0.4, -0.2) is 33.8 Å². The molecule has 0 bridgehead atoms.